The molecule has 2 aromatic rings. The maximum absolute atomic E-state index is 12.9. The summed E-state index contributed by atoms with van der Waals surface area (Å²) < 4.78 is 46.9. The lowest BCUT2D eigenvalue weighted by molar-refractivity contribution is -0.961. The molecule has 16 heteroatoms. The molecule has 63 heavy (non-hydrogen) atoms. The molecule has 0 amide bonds. The first-order chi connectivity index (χ1) is 29.2. The van der Waals surface area contributed by atoms with Crippen LogP contribution in [0, 0.1) is 0 Å². The summed E-state index contributed by atoms with van der Waals surface area (Å²) in [7, 11) is 10.8. The average molecular weight is 1010 g/mol. The molecule has 0 spiro atoms. The van der Waals surface area contributed by atoms with Gasteiger partial charge in [-0.2, -0.15) is 0 Å². The van der Waals surface area contributed by atoms with Crippen molar-refractivity contribution in [1.29, 1.82) is 0 Å². The second-order valence-electron chi connectivity index (χ2n) is 18.1. The lowest BCUT2D eigenvalue weighted by Gasteiger charge is -2.47. The zero-order chi connectivity index (χ0) is 43.9. The third-order valence-corrected chi connectivity index (χ3v) is 14.1. The summed E-state index contributed by atoms with van der Waals surface area (Å²) in [5, 5.41) is 0. The number of halogens is 2. The van der Waals surface area contributed by atoms with Crippen LogP contribution in [0.5, 0.6) is 34.5 Å². The Morgan fingerprint density at radius 1 is 0.508 bits per heavy atom. The summed E-state index contributed by atoms with van der Waals surface area (Å²) in [6, 6.07) is 9.20. The number of benzene rings is 2. The third kappa shape index (κ3) is 12.4. The van der Waals surface area contributed by atoms with Gasteiger partial charge in [0.05, 0.1) is 66.7 Å². The standard InChI is InChI=1S/C47H68N2O12.2BrH/c1-30(50)58-46-40(54-5)20-32(21-41(46)55-6)28-48(3)34-16-17-35(48)25-38(24-34)60-44(52)14-12-10-9-11-13-15-45(53)61-39-26-36-18-19-37(27-39)49(36,4)29-33-22-42(56-7)47(59-31(2)51)43(23-33)57-8;;/h20-23,34-39H,9-19,24-29H2,1-8H3;2*1H/q+2;;/p-2. The minimum absolute atomic E-state index is 0. The molecule has 0 aliphatic carbocycles. The number of rotatable bonds is 20. The summed E-state index contributed by atoms with van der Waals surface area (Å²) in [4.78, 5) is 49.2. The number of methoxy groups -OCH3 is 4. The lowest BCUT2D eigenvalue weighted by Crippen LogP contribution is -3.00. The molecule has 0 radical (unpaired) electrons. The van der Waals surface area contributed by atoms with Crippen LogP contribution in [0.1, 0.15) is 121 Å². The number of fused-ring (bicyclic) bond motifs is 4. The quantitative estimate of drug-likeness (QED) is 0.0820. The third-order valence-electron chi connectivity index (χ3n) is 14.1. The van der Waals surface area contributed by atoms with Crippen LogP contribution in [-0.2, 0) is 41.7 Å². The number of quaternary nitrogens is 2. The van der Waals surface area contributed by atoms with Crippen LogP contribution < -0.4 is 62.4 Å². The fourth-order valence-electron chi connectivity index (χ4n) is 11.0. The number of piperidine rings is 2. The topological polar surface area (TPSA) is 142 Å². The van der Waals surface area contributed by atoms with Crippen LogP contribution in [0.2, 0.25) is 0 Å². The summed E-state index contributed by atoms with van der Waals surface area (Å²) in [5.74, 6) is 1.31. The zero-order valence-corrected chi connectivity index (χ0v) is 41.5. The van der Waals surface area contributed by atoms with E-state index in [9.17, 15) is 19.2 Å². The van der Waals surface area contributed by atoms with E-state index < -0.39 is 11.9 Å². The van der Waals surface area contributed by atoms with Gasteiger partial charge in [-0.05, 0) is 37.1 Å². The Bertz CT molecular complexity index is 1700. The first-order valence-electron chi connectivity index (χ1n) is 22.1. The number of nitrogens with zero attached hydrogens (tertiary/aromatic N) is 2. The van der Waals surface area contributed by atoms with Gasteiger partial charge >= 0.3 is 23.9 Å². The molecule has 4 fully saturated rings. The summed E-state index contributed by atoms with van der Waals surface area (Å²) >= 11 is 0. The predicted octanol–water partition coefficient (Wildman–Crippen LogP) is 1.38. The average Bonchev–Trinajstić information content (AvgIpc) is 3.44. The second kappa shape index (κ2) is 23.0. The highest BCUT2D eigenvalue weighted by molar-refractivity contribution is 5.73. The van der Waals surface area contributed by atoms with E-state index in [2.05, 4.69) is 14.1 Å². The van der Waals surface area contributed by atoms with E-state index in [4.69, 9.17) is 37.9 Å². The molecule has 4 unspecified atom stereocenters. The van der Waals surface area contributed by atoms with Gasteiger partial charge in [-0.25, -0.2) is 0 Å². The van der Waals surface area contributed by atoms with Gasteiger partial charge in [0.2, 0.25) is 11.5 Å². The molecule has 4 bridgehead atoms. The molecule has 4 aliphatic heterocycles. The van der Waals surface area contributed by atoms with E-state index in [0.717, 1.165) is 117 Å². The zero-order valence-electron chi connectivity index (χ0n) is 38.3. The molecule has 14 nitrogen and oxygen atoms in total. The van der Waals surface area contributed by atoms with Crippen molar-refractivity contribution >= 4 is 23.9 Å². The highest BCUT2D eigenvalue weighted by Crippen LogP contribution is 2.47. The van der Waals surface area contributed by atoms with Crippen LogP contribution in [0.3, 0.4) is 0 Å². The summed E-state index contributed by atoms with van der Waals surface area (Å²) in [5.41, 5.74) is 2.08. The van der Waals surface area contributed by atoms with Crippen molar-refractivity contribution in [3.05, 3.63) is 35.4 Å². The van der Waals surface area contributed by atoms with Gasteiger partial charge < -0.3 is 80.8 Å². The Balaban J connectivity index is 0.00000436. The number of carbonyl (C=O) groups is 4. The largest absolute Gasteiger partial charge is 1.00 e. The maximum atomic E-state index is 12.9. The van der Waals surface area contributed by atoms with Crippen molar-refractivity contribution in [2.45, 2.75) is 160 Å². The van der Waals surface area contributed by atoms with Gasteiger partial charge in [-0.3, -0.25) is 19.2 Å². The minimum atomic E-state index is -0.440. The number of hydrogen-bond donors (Lipinski definition) is 0. The van der Waals surface area contributed by atoms with Gasteiger partial charge in [0.25, 0.3) is 0 Å². The Hall–Kier alpha value is -3.60. The van der Waals surface area contributed by atoms with Crippen LogP contribution in [0.15, 0.2) is 24.3 Å². The molecule has 352 valence electrons. The molecule has 0 saturated carbocycles. The molecule has 4 atom stereocenters. The van der Waals surface area contributed by atoms with E-state index in [1.165, 1.54) is 13.8 Å². The van der Waals surface area contributed by atoms with Crippen molar-refractivity contribution in [2.75, 3.05) is 42.5 Å². The first kappa shape index (κ1) is 52.0. The molecule has 2 aromatic carbocycles. The number of ether oxygens (including phenoxy) is 8. The SMILES string of the molecule is COc1cc(C[N+]2(C)C3CCC2CC(OC(=O)CCCCCCCC(=O)OC2CC4CCC(C2)[N+]4(C)Cc2cc(OC)c(OC(C)=O)c(OC)c2)C3)cc(OC)c1OC(C)=O.[Br-].[Br-]. The van der Waals surface area contributed by atoms with E-state index in [0.29, 0.717) is 60.0 Å². The van der Waals surface area contributed by atoms with E-state index in [1.807, 2.05) is 24.3 Å². The highest BCUT2D eigenvalue weighted by Gasteiger charge is 2.54. The first-order valence-corrected chi connectivity index (χ1v) is 22.1. The van der Waals surface area contributed by atoms with Crippen molar-refractivity contribution < 1.29 is 100 Å². The van der Waals surface area contributed by atoms with Crippen molar-refractivity contribution in [3.8, 4) is 34.5 Å². The van der Waals surface area contributed by atoms with Crippen LogP contribution in [-0.4, -0.2) is 112 Å². The Morgan fingerprint density at radius 3 is 1.06 bits per heavy atom. The monoisotopic (exact) mass is 1010 g/mol. The van der Waals surface area contributed by atoms with Crippen molar-refractivity contribution in [3.63, 3.8) is 0 Å². The predicted molar refractivity (Wildman–Crippen MR) is 226 cm³/mol. The Labute approximate surface area is 394 Å². The van der Waals surface area contributed by atoms with E-state index in [-0.39, 0.29) is 69.6 Å². The molecule has 6 rings (SSSR count). The lowest BCUT2D eigenvalue weighted by atomic mass is 9.95. The molecule has 4 aliphatic rings. The summed E-state index contributed by atoms with van der Waals surface area (Å²) in [6.45, 7) is 4.25. The maximum Gasteiger partial charge on any atom is 0.308 e. The molecule has 0 aromatic heterocycles. The number of carbonyl (C=O) groups excluding carboxylic acids is 4. The van der Waals surface area contributed by atoms with Gasteiger partial charge in [0.1, 0.15) is 25.3 Å². The highest BCUT2D eigenvalue weighted by atomic mass is 79.9. The fraction of sp³-hybridized carbons (Fsp3) is 0.660. The molecular formula is C47H68Br2N2O12. The molecule has 0 N–H and O–H groups in total. The van der Waals surface area contributed by atoms with Crippen LogP contribution in [0.25, 0.3) is 0 Å². The van der Waals surface area contributed by atoms with Crippen molar-refractivity contribution in [2.24, 2.45) is 0 Å². The van der Waals surface area contributed by atoms with Crippen LogP contribution >= 0.6 is 0 Å². The fourth-order valence-corrected chi connectivity index (χ4v) is 11.0. The van der Waals surface area contributed by atoms with Gasteiger partial charge in [0, 0.05) is 89.2 Å². The Morgan fingerprint density at radius 2 is 0.794 bits per heavy atom. The second-order valence-corrected chi connectivity index (χ2v) is 18.1. The number of hydrogen-bond acceptors (Lipinski definition) is 12. The van der Waals surface area contributed by atoms with E-state index >= 15 is 0 Å². The molecular weight excluding hydrogens is 944 g/mol. The van der Waals surface area contributed by atoms with E-state index in [1.54, 1.807) is 28.4 Å². The van der Waals surface area contributed by atoms with Gasteiger partial charge in [-0.1, -0.05) is 19.3 Å². The molecule has 4 heterocycles. The minimum Gasteiger partial charge on any atom is -1.00 e. The van der Waals surface area contributed by atoms with Crippen molar-refractivity contribution in [1.82, 2.24) is 0 Å². The number of unbranched alkanes of at least 4 members (excludes halogenated alkanes) is 4. The smallest absolute Gasteiger partial charge is 0.308 e. The normalized spacial score (nSPS) is 26.6. The van der Waals surface area contributed by atoms with Crippen LogP contribution in [0.4, 0.5) is 0 Å². The Kier molecular flexibility index (Phi) is 19.0. The van der Waals surface area contributed by atoms with Gasteiger partial charge in [0.15, 0.2) is 23.0 Å². The van der Waals surface area contributed by atoms with Gasteiger partial charge in [-0.15, -0.1) is 0 Å². The molecule has 4 saturated heterocycles. The summed E-state index contributed by atoms with van der Waals surface area (Å²) in [6.07, 6.45) is 12.8. The number of esters is 4.